The topological polar surface area (TPSA) is 63.4 Å². The van der Waals surface area contributed by atoms with Gasteiger partial charge in [-0.25, -0.2) is 0 Å². The van der Waals surface area contributed by atoms with Gasteiger partial charge in [0.15, 0.2) is 5.78 Å². The van der Waals surface area contributed by atoms with E-state index in [0.717, 1.165) is 24.0 Å². The van der Waals surface area contributed by atoms with Crippen molar-refractivity contribution in [3.63, 3.8) is 0 Å². The second-order valence-electron chi connectivity index (χ2n) is 8.54. The fourth-order valence-corrected chi connectivity index (χ4v) is 4.97. The highest BCUT2D eigenvalue weighted by Gasteiger charge is 2.36. The van der Waals surface area contributed by atoms with Crippen LogP contribution in [0.1, 0.15) is 61.0 Å². The van der Waals surface area contributed by atoms with Crippen molar-refractivity contribution in [1.82, 2.24) is 4.90 Å². The van der Waals surface area contributed by atoms with Crippen LogP contribution < -0.4 is 5.73 Å². The SMILES string of the molecule is CCCCC(=O)c1cccc(CN2C(=O)C[C@@](C)(c3ccc4sccc4c3)C=C2N)c1. The number of benzene rings is 2. The Bertz CT molecular complexity index is 1160. The van der Waals surface area contributed by atoms with E-state index in [1.807, 2.05) is 30.3 Å². The minimum absolute atomic E-state index is 0.00405. The molecular weight excluding hydrogens is 404 g/mol. The molecule has 1 amide bonds. The van der Waals surface area contributed by atoms with Crippen LogP contribution in [0, 0.1) is 0 Å². The molecule has 4 nitrogen and oxygen atoms in total. The van der Waals surface area contributed by atoms with Crippen LogP contribution in [0.5, 0.6) is 0 Å². The maximum Gasteiger partial charge on any atom is 0.229 e. The lowest BCUT2D eigenvalue weighted by Crippen LogP contribution is -2.43. The Morgan fingerprint density at radius 2 is 2.03 bits per heavy atom. The van der Waals surface area contributed by atoms with E-state index in [1.165, 1.54) is 10.1 Å². The third kappa shape index (κ3) is 4.42. The zero-order valence-electron chi connectivity index (χ0n) is 18.1. The van der Waals surface area contributed by atoms with Gasteiger partial charge in [0, 0.05) is 28.5 Å². The molecule has 1 aliphatic rings. The molecular formula is C26H28N2O2S. The normalized spacial score (nSPS) is 19.0. The molecule has 2 aromatic carbocycles. The summed E-state index contributed by atoms with van der Waals surface area (Å²) in [5.41, 5.74) is 8.66. The highest BCUT2D eigenvalue weighted by atomic mass is 32.1. The smallest absolute Gasteiger partial charge is 0.229 e. The molecule has 1 aliphatic heterocycles. The number of carbonyl (C=O) groups excluding carboxylic acids is 2. The number of hydrogen-bond acceptors (Lipinski definition) is 4. The lowest BCUT2D eigenvalue weighted by atomic mass is 9.77. The number of nitrogens with two attached hydrogens (primary N) is 1. The molecule has 0 aliphatic carbocycles. The van der Waals surface area contributed by atoms with Crippen LogP contribution in [0.2, 0.25) is 0 Å². The lowest BCUT2D eigenvalue weighted by molar-refractivity contribution is -0.131. The van der Waals surface area contributed by atoms with Gasteiger partial charge in [-0.05, 0) is 58.7 Å². The van der Waals surface area contributed by atoms with Crippen molar-refractivity contribution < 1.29 is 9.59 Å². The van der Waals surface area contributed by atoms with Gasteiger partial charge < -0.3 is 5.73 Å². The van der Waals surface area contributed by atoms with Crippen LogP contribution in [0.3, 0.4) is 0 Å². The van der Waals surface area contributed by atoms with Crippen LogP contribution >= 0.6 is 11.3 Å². The molecule has 1 aromatic heterocycles. The Balaban J connectivity index is 1.56. The molecule has 31 heavy (non-hydrogen) atoms. The third-order valence-corrected chi connectivity index (χ3v) is 6.95. The Labute approximate surface area is 187 Å². The summed E-state index contributed by atoms with van der Waals surface area (Å²) >= 11 is 1.71. The molecule has 0 fully saturated rings. The van der Waals surface area contributed by atoms with Gasteiger partial charge in [0.1, 0.15) is 5.82 Å². The van der Waals surface area contributed by atoms with Gasteiger partial charge >= 0.3 is 0 Å². The molecule has 5 heteroatoms. The molecule has 2 heterocycles. The van der Waals surface area contributed by atoms with Crippen molar-refractivity contribution in [2.24, 2.45) is 5.73 Å². The summed E-state index contributed by atoms with van der Waals surface area (Å²) in [4.78, 5) is 27.1. The number of fused-ring (bicyclic) bond motifs is 1. The van der Waals surface area contributed by atoms with Crippen LogP contribution in [0.4, 0.5) is 0 Å². The van der Waals surface area contributed by atoms with E-state index in [-0.39, 0.29) is 11.7 Å². The molecule has 0 saturated carbocycles. The van der Waals surface area contributed by atoms with Gasteiger partial charge in [-0.2, -0.15) is 0 Å². The highest BCUT2D eigenvalue weighted by Crippen LogP contribution is 2.37. The summed E-state index contributed by atoms with van der Waals surface area (Å²) in [6, 6.07) is 16.0. The molecule has 2 N–H and O–H groups in total. The van der Waals surface area contributed by atoms with Crippen molar-refractivity contribution in [3.05, 3.63) is 82.5 Å². The molecule has 3 aromatic rings. The first kappa shape index (κ1) is 21.3. The number of allylic oxidation sites excluding steroid dienone is 1. The van der Waals surface area contributed by atoms with E-state index in [2.05, 4.69) is 43.5 Å². The van der Waals surface area contributed by atoms with E-state index in [0.29, 0.717) is 30.8 Å². The zero-order valence-corrected chi connectivity index (χ0v) is 18.9. The van der Waals surface area contributed by atoms with Crippen molar-refractivity contribution in [2.75, 3.05) is 0 Å². The molecule has 160 valence electrons. The number of unbranched alkanes of at least 4 members (excludes halogenated alkanes) is 1. The second-order valence-corrected chi connectivity index (χ2v) is 9.49. The summed E-state index contributed by atoms with van der Waals surface area (Å²) in [5.74, 6) is 0.607. The largest absolute Gasteiger partial charge is 0.385 e. The maximum absolute atomic E-state index is 13.1. The zero-order chi connectivity index (χ0) is 22.0. The quantitative estimate of drug-likeness (QED) is 0.483. The number of rotatable bonds is 7. The Morgan fingerprint density at radius 1 is 1.19 bits per heavy atom. The average Bonchev–Trinajstić information content (AvgIpc) is 3.23. The first-order valence-corrected chi connectivity index (χ1v) is 11.7. The molecule has 0 bridgehead atoms. The predicted octanol–water partition coefficient (Wildman–Crippen LogP) is 5.76. The third-order valence-electron chi connectivity index (χ3n) is 6.06. The van der Waals surface area contributed by atoms with E-state index in [1.54, 1.807) is 16.2 Å². The van der Waals surface area contributed by atoms with E-state index < -0.39 is 5.41 Å². The van der Waals surface area contributed by atoms with Crippen molar-refractivity contribution in [1.29, 1.82) is 0 Å². The van der Waals surface area contributed by atoms with Crippen LogP contribution in [-0.2, 0) is 16.8 Å². The minimum Gasteiger partial charge on any atom is -0.385 e. The van der Waals surface area contributed by atoms with Crippen LogP contribution in [-0.4, -0.2) is 16.6 Å². The standard InChI is InChI=1S/C26H28N2O2S/c1-3-4-8-22(29)19-7-5-6-18(13-19)17-28-24(27)15-26(2,16-25(28)30)21-9-10-23-20(14-21)11-12-31-23/h5-7,9-15H,3-4,8,16-17,27H2,1-2H3/t26-/m0/s1. The molecule has 0 unspecified atom stereocenters. The lowest BCUT2D eigenvalue weighted by Gasteiger charge is -2.36. The maximum atomic E-state index is 13.1. The first-order chi connectivity index (χ1) is 14.9. The summed E-state index contributed by atoms with van der Waals surface area (Å²) in [6.45, 7) is 4.51. The van der Waals surface area contributed by atoms with Gasteiger partial charge in [-0.1, -0.05) is 44.5 Å². The Morgan fingerprint density at radius 3 is 2.81 bits per heavy atom. The average molecular weight is 433 g/mol. The van der Waals surface area contributed by atoms with Crippen molar-refractivity contribution in [2.45, 2.75) is 51.5 Å². The Kier molecular flexibility index (Phi) is 5.96. The van der Waals surface area contributed by atoms with Gasteiger partial charge in [-0.3, -0.25) is 14.5 Å². The van der Waals surface area contributed by atoms with Crippen molar-refractivity contribution in [3.8, 4) is 0 Å². The second kappa shape index (κ2) is 8.67. The summed E-state index contributed by atoms with van der Waals surface area (Å²) < 4.78 is 1.24. The van der Waals surface area contributed by atoms with Gasteiger partial charge in [0.05, 0.1) is 6.54 Å². The number of Topliss-reactive ketones (excluding diaryl/α,β-unsaturated/α-hetero) is 1. The van der Waals surface area contributed by atoms with Crippen LogP contribution in [0.25, 0.3) is 10.1 Å². The number of nitrogens with zero attached hydrogens (tertiary/aromatic N) is 1. The monoisotopic (exact) mass is 432 g/mol. The predicted molar refractivity (Wildman–Crippen MR) is 127 cm³/mol. The number of carbonyl (C=O) groups is 2. The summed E-state index contributed by atoms with van der Waals surface area (Å²) in [7, 11) is 0. The fourth-order valence-electron chi connectivity index (χ4n) is 4.20. The molecule has 0 spiro atoms. The van der Waals surface area contributed by atoms with E-state index in [9.17, 15) is 9.59 Å². The van der Waals surface area contributed by atoms with Gasteiger partial charge in [0.25, 0.3) is 0 Å². The number of amides is 1. The number of ketones is 1. The molecule has 0 saturated heterocycles. The molecule has 1 atom stereocenters. The van der Waals surface area contributed by atoms with Gasteiger partial charge in [-0.15, -0.1) is 11.3 Å². The van der Waals surface area contributed by atoms with E-state index >= 15 is 0 Å². The van der Waals surface area contributed by atoms with Gasteiger partial charge in [0.2, 0.25) is 5.91 Å². The summed E-state index contributed by atoms with van der Waals surface area (Å²) in [5, 5.41) is 3.27. The fraction of sp³-hybridized carbons (Fsp3) is 0.308. The van der Waals surface area contributed by atoms with Crippen molar-refractivity contribution >= 4 is 33.1 Å². The first-order valence-electron chi connectivity index (χ1n) is 10.8. The minimum atomic E-state index is -0.439. The number of thiophene rings is 1. The molecule has 0 radical (unpaired) electrons. The number of hydrogen-bond donors (Lipinski definition) is 1. The summed E-state index contributed by atoms with van der Waals surface area (Å²) in [6.07, 6.45) is 4.79. The van der Waals surface area contributed by atoms with Crippen LogP contribution in [0.15, 0.2) is 65.8 Å². The Hall–Kier alpha value is -2.92. The van der Waals surface area contributed by atoms with E-state index in [4.69, 9.17) is 5.73 Å². The highest BCUT2D eigenvalue weighted by molar-refractivity contribution is 7.17. The molecule has 4 rings (SSSR count).